The molecule has 0 fully saturated rings. The fourth-order valence-electron chi connectivity index (χ4n) is 7.20. The first-order chi connectivity index (χ1) is 24.2. The summed E-state index contributed by atoms with van der Waals surface area (Å²) in [6.07, 6.45) is 0. The largest absolute Gasteiger partial charge is 0.310 e. The third-order valence-corrected chi connectivity index (χ3v) is 11.9. The Morgan fingerprint density at radius 1 is 0.286 bits per heavy atom. The molecule has 0 saturated carbocycles. The molecule has 2 heterocycles. The number of thiophene rings is 2. The van der Waals surface area contributed by atoms with Gasteiger partial charge in [0.15, 0.2) is 0 Å². The Labute approximate surface area is 292 Å². The maximum Gasteiger partial charge on any atom is 0.0468 e. The number of anilines is 3. The molecule has 2 aromatic heterocycles. The summed E-state index contributed by atoms with van der Waals surface area (Å²) >= 11 is 3.73. The average molecular weight is 660 g/mol. The van der Waals surface area contributed by atoms with E-state index in [0.29, 0.717) is 0 Å². The van der Waals surface area contributed by atoms with Gasteiger partial charge < -0.3 is 4.90 Å². The molecule has 0 bridgehead atoms. The van der Waals surface area contributed by atoms with Crippen molar-refractivity contribution >= 4 is 90.9 Å². The van der Waals surface area contributed by atoms with E-state index >= 15 is 0 Å². The van der Waals surface area contributed by atoms with Crippen LogP contribution in [0.5, 0.6) is 0 Å². The minimum Gasteiger partial charge on any atom is -0.310 e. The minimum absolute atomic E-state index is 1.13. The standard InChI is InChI=1S/C46H29NS2/c1-2-9-32-26-34(17-16-30(32)8-1)33-10-7-11-37(27-33)47(38-23-25-45-42(29-38)40-13-4-6-15-44(40)48-45)36-21-18-31(19-22-36)35-20-24-41-39-12-3-5-14-43(39)49-46(41)28-35/h1-29H. The first-order valence-electron chi connectivity index (χ1n) is 16.6. The Morgan fingerprint density at radius 2 is 0.857 bits per heavy atom. The van der Waals surface area contributed by atoms with Crippen molar-refractivity contribution in [2.24, 2.45) is 0 Å². The van der Waals surface area contributed by atoms with E-state index in [1.165, 1.54) is 73.4 Å². The summed E-state index contributed by atoms with van der Waals surface area (Å²) in [4.78, 5) is 2.40. The molecule has 0 saturated heterocycles. The molecule has 10 rings (SSSR count). The summed E-state index contributed by atoms with van der Waals surface area (Å²) in [5.74, 6) is 0. The third kappa shape index (κ3) is 4.90. The zero-order valence-corrected chi connectivity index (χ0v) is 28.1. The predicted molar refractivity (Wildman–Crippen MR) is 215 cm³/mol. The highest BCUT2D eigenvalue weighted by Gasteiger charge is 2.16. The van der Waals surface area contributed by atoms with Crippen LogP contribution in [0.2, 0.25) is 0 Å². The van der Waals surface area contributed by atoms with Gasteiger partial charge in [0.1, 0.15) is 0 Å². The van der Waals surface area contributed by atoms with Crippen molar-refractivity contribution in [3.63, 3.8) is 0 Å². The molecule has 0 amide bonds. The van der Waals surface area contributed by atoms with Gasteiger partial charge in [0.25, 0.3) is 0 Å². The predicted octanol–water partition coefficient (Wildman–Crippen LogP) is 14.4. The van der Waals surface area contributed by atoms with Crippen LogP contribution in [0.4, 0.5) is 17.1 Å². The zero-order chi connectivity index (χ0) is 32.3. The van der Waals surface area contributed by atoms with E-state index in [4.69, 9.17) is 0 Å². The summed E-state index contributed by atoms with van der Waals surface area (Å²) in [6, 6.07) is 64.6. The van der Waals surface area contributed by atoms with Crippen LogP contribution >= 0.6 is 22.7 Å². The maximum absolute atomic E-state index is 2.40. The lowest BCUT2D eigenvalue weighted by atomic mass is 10.00. The van der Waals surface area contributed by atoms with Gasteiger partial charge in [0.2, 0.25) is 0 Å². The Balaban J connectivity index is 1.10. The van der Waals surface area contributed by atoms with E-state index in [0.717, 1.165) is 17.1 Å². The Kier molecular flexibility index (Phi) is 6.61. The lowest BCUT2D eigenvalue weighted by Crippen LogP contribution is -2.10. The van der Waals surface area contributed by atoms with E-state index in [1.807, 2.05) is 22.7 Å². The van der Waals surface area contributed by atoms with Crippen LogP contribution in [0.25, 0.3) is 73.4 Å². The van der Waals surface area contributed by atoms with Gasteiger partial charge >= 0.3 is 0 Å². The topological polar surface area (TPSA) is 3.24 Å². The molecule has 10 aromatic rings. The van der Waals surface area contributed by atoms with Gasteiger partial charge in [-0.25, -0.2) is 0 Å². The molecule has 0 spiro atoms. The van der Waals surface area contributed by atoms with Crippen molar-refractivity contribution in [3.8, 4) is 22.3 Å². The number of hydrogen-bond donors (Lipinski definition) is 0. The SMILES string of the molecule is c1cc(-c2ccc3ccccc3c2)cc(N(c2ccc(-c3ccc4c(c3)sc3ccccc34)cc2)c2ccc3sc4ccccc4c3c2)c1. The summed E-state index contributed by atoms with van der Waals surface area (Å²) in [5.41, 5.74) is 8.26. The van der Waals surface area contributed by atoms with Crippen LogP contribution in [0.3, 0.4) is 0 Å². The first-order valence-corrected chi connectivity index (χ1v) is 18.2. The van der Waals surface area contributed by atoms with Crippen molar-refractivity contribution in [3.05, 3.63) is 176 Å². The molecule has 3 heteroatoms. The van der Waals surface area contributed by atoms with Gasteiger partial charge in [-0.2, -0.15) is 0 Å². The highest BCUT2D eigenvalue weighted by atomic mass is 32.1. The van der Waals surface area contributed by atoms with Crippen LogP contribution in [-0.4, -0.2) is 0 Å². The second kappa shape index (κ2) is 11.5. The second-order valence-corrected chi connectivity index (χ2v) is 14.7. The van der Waals surface area contributed by atoms with Gasteiger partial charge in [-0.15, -0.1) is 22.7 Å². The normalized spacial score (nSPS) is 11.7. The van der Waals surface area contributed by atoms with Crippen LogP contribution in [0.1, 0.15) is 0 Å². The molecule has 0 aliphatic heterocycles. The molecular weight excluding hydrogens is 631 g/mol. The van der Waals surface area contributed by atoms with Gasteiger partial charge in [-0.05, 0) is 99.8 Å². The van der Waals surface area contributed by atoms with Crippen LogP contribution in [0, 0.1) is 0 Å². The highest BCUT2D eigenvalue weighted by molar-refractivity contribution is 7.26. The van der Waals surface area contributed by atoms with Crippen LogP contribution in [-0.2, 0) is 0 Å². The molecule has 8 aromatic carbocycles. The van der Waals surface area contributed by atoms with Crippen molar-refractivity contribution in [1.29, 1.82) is 0 Å². The van der Waals surface area contributed by atoms with Crippen LogP contribution in [0.15, 0.2) is 176 Å². The number of benzene rings is 8. The van der Waals surface area contributed by atoms with Crippen molar-refractivity contribution in [2.45, 2.75) is 0 Å². The fourth-order valence-corrected chi connectivity index (χ4v) is 9.43. The quantitative estimate of drug-likeness (QED) is 0.178. The molecular formula is C46H29NS2. The van der Waals surface area contributed by atoms with Gasteiger partial charge in [-0.3, -0.25) is 0 Å². The van der Waals surface area contributed by atoms with E-state index < -0.39 is 0 Å². The molecule has 0 radical (unpaired) electrons. The Bertz CT molecular complexity index is 2840. The molecule has 49 heavy (non-hydrogen) atoms. The first kappa shape index (κ1) is 28.3. The number of fused-ring (bicyclic) bond motifs is 7. The fraction of sp³-hybridized carbons (Fsp3) is 0. The monoisotopic (exact) mass is 659 g/mol. The molecule has 0 aliphatic carbocycles. The third-order valence-electron chi connectivity index (χ3n) is 9.64. The number of hydrogen-bond acceptors (Lipinski definition) is 3. The van der Waals surface area contributed by atoms with Gasteiger partial charge in [0, 0.05) is 57.4 Å². The molecule has 0 atom stereocenters. The average Bonchev–Trinajstić information content (AvgIpc) is 3.73. The minimum atomic E-state index is 1.13. The lowest BCUT2D eigenvalue weighted by Gasteiger charge is -2.26. The summed E-state index contributed by atoms with van der Waals surface area (Å²) in [6.45, 7) is 0. The summed E-state index contributed by atoms with van der Waals surface area (Å²) in [7, 11) is 0. The smallest absolute Gasteiger partial charge is 0.0468 e. The molecule has 0 aliphatic rings. The number of rotatable bonds is 5. The van der Waals surface area contributed by atoms with E-state index in [9.17, 15) is 0 Å². The molecule has 1 nitrogen and oxygen atoms in total. The Hall–Kier alpha value is -5.74. The van der Waals surface area contributed by atoms with Crippen LogP contribution < -0.4 is 4.90 Å². The van der Waals surface area contributed by atoms with Crippen molar-refractivity contribution in [2.75, 3.05) is 4.90 Å². The lowest BCUT2D eigenvalue weighted by molar-refractivity contribution is 1.29. The van der Waals surface area contributed by atoms with E-state index in [2.05, 4.69) is 181 Å². The van der Waals surface area contributed by atoms with Crippen molar-refractivity contribution in [1.82, 2.24) is 0 Å². The summed E-state index contributed by atoms with van der Waals surface area (Å²) in [5, 5.41) is 7.77. The van der Waals surface area contributed by atoms with E-state index in [-0.39, 0.29) is 0 Å². The molecule has 230 valence electrons. The van der Waals surface area contributed by atoms with Gasteiger partial charge in [-0.1, -0.05) is 109 Å². The highest BCUT2D eigenvalue weighted by Crippen LogP contribution is 2.42. The Morgan fingerprint density at radius 3 is 1.69 bits per heavy atom. The van der Waals surface area contributed by atoms with Crippen molar-refractivity contribution < 1.29 is 0 Å². The molecule has 0 unspecified atom stereocenters. The molecule has 0 N–H and O–H groups in total. The number of nitrogens with zero attached hydrogens (tertiary/aromatic N) is 1. The second-order valence-electron chi connectivity index (χ2n) is 12.6. The summed E-state index contributed by atoms with van der Waals surface area (Å²) < 4.78 is 5.29. The zero-order valence-electron chi connectivity index (χ0n) is 26.5. The van der Waals surface area contributed by atoms with E-state index in [1.54, 1.807) is 0 Å². The maximum atomic E-state index is 2.40. The van der Waals surface area contributed by atoms with Gasteiger partial charge in [0.05, 0.1) is 0 Å².